The summed E-state index contributed by atoms with van der Waals surface area (Å²) >= 11 is 0. The number of alkyl halides is 3. The van der Waals surface area contributed by atoms with E-state index >= 15 is 0 Å². The molecule has 3 aromatic carbocycles. The molecular formula is C27H22F3N3O4. The first-order chi connectivity index (χ1) is 17.6. The molecule has 0 fully saturated rings. The summed E-state index contributed by atoms with van der Waals surface area (Å²) in [6, 6.07) is 18.0. The number of amides is 2. The number of aromatic nitrogens is 1. The molecule has 0 aliphatic rings. The van der Waals surface area contributed by atoms with E-state index in [0.29, 0.717) is 27.8 Å². The molecule has 3 N–H and O–H groups in total. The Bertz CT molecular complexity index is 1440. The van der Waals surface area contributed by atoms with Crippen molar-refractivity contribution in [3.8, 4) is 22.6 Å². The van der Waals surface area contributed by atoms with Gasteiger partial charge in [0.1, 0.15) is 23.1 Å². The van der Waals surface area contributed by atoms with Gasteiger partial charge < -0.3 is 20.5 Å². The van der Waals surface area contributed by atoms with Crippen LogP contribution in [0.4, 0.5) is 13.2 Å². The summed E-state index contributed by atoms with van der Waals surface area (Å²) in [5.74, 6) is -1.27. The van der Waals surface area contributed by atoms with E-state index in [9.17, 15) is 27.9 Å². The van der Waals surface area contributed by atoms with Crippen molar-refractivity contribution >= 4 is 22.7 Å². The molecule has 0 saturated carbocycles. The van der Waals surface area contributed by atoms with Gasteiger partial charge in [0.25, 0.3) is 5.91 Å². The lowest BCUT2D eigenvalue weighted by Crippen LogP contribution is -2.44. The summed E-state index contributed by atoms with van der Waals surface area (Å²) in [6.07, 6.45) is -3.19. The van der Waals surface area contributed by atoms with Crippen molar-refractivity contribution in [3.63, 3.8) is 0 Å². The first-order valence-corrected chi connectivity index (χ1v) is 11.2. The topological polar surface area (TPSA) is 101 Å². The smallest absolute Gasteiger partial charge is 0.506 e. The molecule has 1 heterocycles. The van der Waals surface area contributed by atoms with E-state index < -0.39 is 24.2 Å². The van der Waals surface area contributed by atoms with E-state index in [1.54, 1.807) is 42.6 Å². The van der Waals surface area contributed by atoms with Crippen LogP contribution in [0, 0.1) is 0 Å². The third-order valence-electron chi connectivity index (χ3n) is 5.51. The quantitative estimate of drug-likeness (QED) is 0.328. The molecule has 7 nitrogen and oxygen atoms in total. The number of carbonyl (C=O) groups is 2. The minimum absolute atomic E-state index is 0.0239. The average Bonchev–Trinajstić information content (AvgIpc) is 2.87. The van der Waals surface area contributed by atoms with Gasteiger partial charge in [-0.05, 0) is 66.1 Å². The number of ether oxygens (including phenoxy) is 1. The van der Waals surface area contributed by atoms with Crippen LogP contribution in [0.5, 0.6) is 11.5 Å². The van der Waals surface area contributed by atoms with Crippen LogP contribution < -0.4 is 15.4 Å². The highest BCUT2D eigenvalue weighted by molar-refractivity contribution is 5.98. The summed E-state index contributed by atoms with van der Waals surface area (Å²) in [6.45, 7) is 1.58. The van der Waals surface area contributed by atoms with Crippen LogP contribution in [-0.4, -0.2) is 34.3 Å². The number of nitrogens with one attached hydrogen (secondary N) is 2. The van der Waals surface area contributed by atoms with Crippen molar-refractivity contribution in [2.24, 2.45) is 0 Å². The van der Waals surface area contributed by atoms with Gasteiger partial charge in [-0.25, -0.2) is 0 Å². The number of hydrogen-bond acceptors (Lipinski definition) is 5. The Hall–Kier alpha value is -4.60. The van der Waals surface area contributed by atoms with E-state index in [1.165, 1.54) is 19.1 Å². The Labute approximate surface area is 209 Å². The van der Waals surface area contributed by atoms with Gasteiger partial charge in [-0.1, -0.05) is 30.3 Å². The van der Waals surface area contributed by atoms with Crippen molar-refractivity contribution in [2.45, 2.75) is 25.9 Å². The normalized spacial score (nSPS) is 12.1. The number of rotatable bonds is 7. The Morgan fingerprint density at radius 3 is 2.49 bits per heavy atom. The standard InChI is InChI=1S/C27H22F3N3O4/c1-16(25(35)32-15-17-7-9-22(10-8-17)37-27(28,29)30)33-26(36)20-5-2-4-18(12-20)21-13-19-6-3-11-31-24(19)23(34)14-21/h2-14,16,34H,15H2,1H3,(H,32,35)(H,33,36). The highest BCUT2D eigenvalue weighted by Crippen LogP contribution is 2.31. The molecule has 0 aliphatic carbocycles. The molecular weight excluding hydrogens is 487 g/mol. The lowest BCUT2D eigenvalue weighted by molar-refractivity contribution is -0.274. The monoisotopic (exact) mass is 509 g/mol. The van der Waals surface area contributed by atoms with Crippen LogP contribution >= 0.6 is 0 Å². The van der Waals surface area contributed by atoms with Crippen molar-refractivity contribution in [1.82, 2.24) is 15.6 Å². The number of halogens is 3. The van der Waals surface area contributed by atoms with Gasteiger partial charge in [0.05, 0.1) is 0 Å². The van der Waals surface area contributed by atoms with Crippen LogP contribution in [0.15, 0.2) is 79.0 Å². The van der Waals surface area contributed by atoms with Crippen LogP contribution in [-0.2, 0) is 11.3 Å². The molecule has 37 heavy (non-hydrogen) atoms. The molecule has 4 aromatic rings. The zero-order chi connectivity index (χ0) is 26.6. The number of nitrogens with zero attached hydrogens (tertiary/aromatic N) is 1. The fraction of sp³-hybridized carbons (Fsp3) is 0.148. The SMILES string of the molecule is CC(NC(=O)c1cccc(-c2cc(O)c3ncccc3c2)c1)C(=O)NCc1ccc(OC(F)(F)F)cc1. The van der Waals surface area contributed by atoms with E-state index in [4.69, 9.17) is 0 Å². The van der Waals surface area contributed by atoms with Crippen molar-refractivity contribution in [3.05, 3.63) is 90.1 Å². The van der Waals surface area contributed by atoms with Gasteiger partial charge >= 0.3 is 6.36 Å². The van der Waals surface area contributed by atoms with E-state index in [1.807, 2.05) is 12.1 Å². The number of aromatic hydroxyl groups is 1. The van der Waals surface area contributed by atoms with E-state index in [-0.39, 0.29) is 18.0 Å². The van der Waals surface area contributed by atoms with Gasteiger partial charge in [-0.2, -0.15) is 0 Å². The molecule has 10 heteroatoms. The van der Waals surface area contributed by atoms with Crippen molar-refractivity contribution in [1.29, 1.82) is 0 Å². The number of phenolic OH excluding ortho intramolecular Hbond substituents is 1. The maximum atomic E-state index is 12.8. The molecule has 0 spiro atoms. The Morgan fingerprint density at radius 1 is 1.00 bits per heavy atom. The summed E-state index contributed by atoms with van der Waals surface area (Å²) < 4.78 is 40.6. The highest BCUT2D eigenvalue weighted by Gasteiger charge is 2.31. The summed E-state index contributed by atoms with van der Waals surface area (Å²) in [7, 11) is 0. The molecule has 0 bridgehead atoms. The second kappa shape index (κ2) is 10.6. The first-order valence-electron chi connectivity index (χ1n) is 11.2. The van der Waals surface area contributed by atoms with Gasteiger partial charge in [0.2, 0.25) is 5.91 Å². The molecule has 4 rings (SSSR count). The van der Waals surface area contributed by atoms with Gasteiger partial charge in [0.15, 0.2) is 0 Å². The van der Waals surface area contributed by atoms with E-state index in [2.05, 4.69) is 20.4 Å². The number of benzene rings is 3. The summed E-state index contributed by atoms with van der Waals surface area (Å²) in [4.78, 5) is 29.4. The molecule has 190 valence electrons. The maximum Gasteiger partial charge on any atom is 0.573 e. The van der Waals surface area contributed by atoms with Crippen LogP contribution in [0.25, 0.3) is 22.0 Å². The third kappa shape index (κ3) is 6.54. The minimum atomic E-state index is -4.78. The number of carbonyl (C=O) groups excluding carboxylic acids is 2. The fourth-order valence-electron chi connectivity index (χ4n) is 3.68. The molecule has 0 saturated heterocycles. The lowest BCUT2D eigenvalue weighted by atomic mass is 10.0. The highest BCUT2D eigenvalue weighted by atomic mass is 19.4. The number of hydrogen-bond donors (Lipinski definition) is 3. The number of pyridine rings is 1. The third-order valence-corrected chi connectivity index (χ3v) is 5.51. The first kappa shape index (κ1) is 25.5. The van der Waals surface area contributed by atoms with Gasteiger partial charge in [-0.15, -0.1) is 13.2 Å². The van der Waals surface area contributed by atoms with E-state index in [0.717, 1.165) is 17.5 Å². The molecule has 0 aliphatic heterocycles. The van der Waals surface area contributed by atoms with Crippen LogP contribution in [0.1, 0.15) is 22.8 Å². The van der Waals surface area contributed by atoms with Gasteiger partial charge in [-0.3, -0.25) is 14.6 Å². The minimum Gasteiger partial charge on any atom is -0.506 e. The maximum absolute atomic E-state index is 12.8. The molecule has 2 amide bonds. The van der Waals surface area contributed by atoms with Crippen molar-refractivity contribution in [2.75, 3.05) is 0 Å². The predicted octanol–water partition coefficient (Wildman–Crippen LogP) is 4.94. The zero-order valence-corrected chi connectivity index (χ0v) is 19.5. The largest absolute Gasteiger partial charge is 0.573 e. The predicted molar refractivity (Wildman–Crippen MR) is 131 cm³/mol. The zero-order valence-electron chi connectivity index (χ0n) is 19.5. The summed E-state index contributed by atoms with van der Waals surface area (Å²) in [5.41, 5.74) is 2.76. The van der Waals surface area contributed by atoms with Crippen LogP contribution in [0.2, 0.25) is 0 Å². The fourth-order valence-corrected chi connectivity index (χ4v) is 3.68. The summed E-state index contributed by atoms with van der Waals surface area (Å²) in [5, 5.41) is 16.3. The molecule has 0 radical (unpaired) electrons. The molecule has 1 atom stereocenters. The number of phenols is 1. The Kier molecular flexibility index (Phi) is 7.28. The Balaban J connectivity index is 1.37. The number of fused-ring (bicyclic) bond motifs is 1. The molecule has 1 aromatic heterocycles. The van der Waals surface area contributed by atoms with Gasteiger partial charge in [0, 0.05) is 23.7 Å². The second-order valence-electron chi connectivity index (χ2n) is 8.26. The average molecular weight is 509 g/mol. The van der Waals surface area contributed by atoms with Crippen LogP contribution in [0.3, 0.4) is 0 Å². The lowest BCUT2D eigenvalue weighted by Gasteiger charge is -2.15. The Morgan fingerprint density at radius 2 is 1.76 bits per heavy atom. The van der Waals surface area contributed by atoms with Crippen molar-refractivity contribution < 1.29 is 32.6 Å². The second-order valence-corrected chi connectivity index (χ2v) is 8.26. The molecule has 1 unspecified atom stereocenters.